The second kappa shape index (κ2) is 6.70. The molecule has 24 heavy (non-hydrogen) atoms. The first kappa shape index (κ1) is 16.6. The molecule has 1 aromatic carbocycles. The minimum Gasteiger partial charge on any atom is -0.369 e. The van der Waals surface area contributed by atoms with Crippen LogP contribution in [0, 0.1) is 11.3 Å². The predicted molar refractivity (Wildman–Crippen MR) is 91.9 cm³/mol. The Morgan fingerprint density at radius 2 is 2.17 bits per heavy atom. The molecule has 0 unspecified atom stereocenters. The monoisotopic (exact) mass is 328 g/mol. The van der Waals surface area contributed by atoms with Gasteiger partial charge in [0, 0.05) is 39.4 Å². The zero-order valence-electron chi connectivity index (χ0n) is 14.4. The molecule has 6 heteroatoms. The lowest BCUT2D eigenvalue weighted by Crippen LogP contribution is -2.61. The molecule has 2 fully saturated rings. The van der Waals surface area contributed by atoms with Crippen molar-refractivity contribution < 1.29 is 9.53 Å². The molecule has 0 aliphatic carbocycles. The van der Waals surface area contributed by atoms with Gasteiger partial charge in [-0.25, -0.2) is 4.79 Å². The largest absolute Gasteiger partial charge is 0.369 e. The Balaban J connectivity index is 1.76. The molecule has 0 bridgehead atoms. The molecule has 0 N–H and O–H groups in total. The number of nitrogens with zero attached hydrogens (tertiary/aromatic N) is 4. The highest BCUT2D eigenvalue weighted by atomic mass is 16.5. The third kappa shape index (κ3) is 3.31. The summed E-state index contributed by atoms with van der Waals surface area (Å²) in [6, 6.07) is 9.93. The van der Waals surface area contributed by atoms with Crippen molar-refractivity contribution >= 4 is 11.7 Å². The van der Waals surface area contributed by atoms with E-state index in [1.54, 1.807) is 19.0 Å². The SMILES string of the molecule is CN(C)C(=O)N1CCO[C@]2(CCCN(c3cccc(C#N)c3)C2)C1. The fourth-order valence-corrected chi connectivity index (χ4v) is 3.63. The van der Waals surface area contributed by atoms with Gasteiger partial charge in [-0.3, -0.25) is 0 Å². The molecule has 2 amide bonds. The molecule has 1 aromatic rings. The molecule has 2 aliphatic rings. The number of nitriles is 1. The van der Waals surface area contributed by atoms with Gasteiger partial charge >= 0.3 is 6.03 Å². The maximum Gasteiger partial charge on any atom is 0.319 e. The number of carbonyl (C=O) groups excluding carboxylic acids is 1. The molecular formula is C18H24N4O2. The molecule has 1 spiro atoms. The van der Waals surface area contributed by atoms with Crippen LogP contribution in [0.25, 0.3) is 0 Å². The van der Waals surface area contributed by atoms with Gasteiger partial charge in [-0.15, -0.1) is 0 Å². The van der Waals surface area contributed by atoms with Crippen molar-refractivity contribution in [3.05, 3.63) is 29.8 Å². The van der Waals surface area contributed by atoms with Crippen LogP contribution < -0.4 is 4.90 Å². The summed E-state index contributed by atoms with van der Waals surface area (Å²) >= 11 is 0. The molecule has 6 nitrogen and oxygen atoms in total. The van der Waals surface area contributed by atoms with Gasteiger partial charge in [0.1, 0.15) is 5.60 Å². The van der Waals surface area contributed by atoms with E-state index in [0.717, 1.165) is 31.6 Å². The van der Waals surface area contributed by atoms with Gasteiger partial charge in [0.2, 0.25) is 0 Å². The van der Waals surface area contributed by atoms with E-state index >= 15 is 0 Å². The first-order valence-electron chi connectivity index (χ1n) is 8.38. The van der Waals surface area contributed by atoms with Gasteiger partial charge in [0.05, 0.1) is 24.8 Å². The lowest BCUT2D eigenvalue weighted by Gasteiger charge is -2.48. The van der Waals surface area contributed by atoms with E-state index in [1.165, 1.54) is 0 Å². The zero-order chi connectivity index (χ0) is 17.2. The quantitative estimate of drug-likeness (QED) is 0.790. The standard InChI is InChI=1S/C18H24N4O2/c1-20(2)17(23)22-9-10-24-18(14-22)7-4-8-21(13-18)16-6-3-5-15(11-16)12-19/h3,5-6,11H,4,7-10,13-14H2,1-2H3/t18-/m0/s1. The van der Waals surface area contributed by atoms with Crippen molar-refractivity contribution in [2.24, 2.45) is 0 Å². The average Bonchev–Trinajstić information content (AvgIpc) is 2.61. The van der Waals surface area contributed by atoms with E-state index in [-0.39, 0.29) is 11.6 Å². The Morgan fingerprint density at radius 1 is 1.33 bits per heavy atom. The summed E-state index contributed by atoms with van der Waals surface area (Å²) in [5, 5.41) is 9.11. The zero-order valence-corrected chi connectivity index (χ0v) is 14.4. The predicted octanol–water partition coefficient (Wildman–Crippen LogP) is 1.91. The summed E-state index contributed by atoms with van der Waals surface area (Å²) in [7, 11) is 3.57. The second-order valence-electron chi connectivity index (χ2n) is 6.82. The number of ether oxygens (including phenoxy) is 1. The Labute approximate surface area is 143 Å². The van der Waals surface area contributed by atoms with Crippen molar-refractivity contribution in [2.45, 2.75) is 18.4 Å². The molecule has 1 atom stereocenters. The Bertz CT molecular complexity index is 651. The number of amides is 2. The van der Waals surface area contributed by atoms with Crippen LogP contribution in [0.2, 0.25) is 0 Å². The molecule has 128 valence electrons. The van der Waals surface area contributed by atoms with Gasteiger partial charge < -0.3 is 19.4 Å². The molecule has 0 saturated carbocycles. The van der Waals surface area contributed by atoms with E-state index in [0.29, 0.717) is 25.3 Å². The molecule has 2 aliphatic heterocycles. The minimum atomic E-state index is -0.315. The van der Waals surface area contributed by atoms with Crippen molar-refractivity contribution in [1.29, 1.82) is 5.26 Å². The van der Waals surface area contributed by atoms with Crippen LogP contribution in [0.5, 0.6) is 0 Å². The fraction of sp³-hybridized carbons (Fsp3) is 0.556. The number of anilines is 1. The highest BCUT2D eigenvalue weighted by Crippen LogP contribution is 2.32. The summed E-state index contributed by atoms with van der Waals surface area (Å²) in [5.74, 6) is 0. The van der Waals surface area contributed by atoms with Crippen molar-refractivity contribution in [2.75, 3.05) is 51.8 Å². The molecule has 0 radical (unpaired) electrons. The molecule has 2 heterocycles. The minimum absolute atomic E-state index is 0.0428. The van der Waals surface area contributed by atoms with Crippen LogP contribution in [-0.2, 0) is 4.74 Å². The fourth-order valence-electron chi connectivity index (χ4n) is 3.63. The number of hydrogen-bond acceptors (Lipinski definition) is 4. The number of rotatable bonds is 1. The number of piperidine rings is 1. The summed E-state index contributed by atoms with van der Waals surface area (Å²) in [4.78, 5) is 18.1. The highest BCUT2D eigenvalue weighted by molar-refractivity contribution is 5.74. The van der Waals surface area contributed by atoms with E-state index in [2.05, 4.69) is 11.0 Å². The molecule has 2 saturated heterocycles. The van der Waals surface area contributed by atoms with E-state index < -0.39 is 0 Å². The van der Waals surface area contributed by atoms with Gasteiger partial charge in [-0.2, -0.15) is 5.26 Å². The van der Waals surface area contributed by atoms with Crippen molar-refractivity contribution in [1.82, 2.24) is 9.80 Å². The van der Waals surface area contributed by atoms with Crippen LogP contribution >= 0.6 is 0 Å². The summed E-state index contributed by atoms with van der Waals surface area (Å²) in [6.45, 7) is 3.54. The maximum absolute atomic E-state index is 12.3. The molecule has 3 rings (SSSR count). The lowest BCUT2D eigenvalue weighted by molar-refractivity contribution is -0.104. The normalized spacial score (nSPS) is 23.9. The van der Waals surface area contributed by atoms with Gasteiger partial charge in [0.25, 0.3) is 0 Å². The third-order valence-electron chi connectivity index (χ3n) is 4.78. The molecular weight excluding hydrogens is 304 g/mol. The van der Waals surface area contributed by atoms with Crippen LogP contribution in [-0.4, -0.2) is 68.3 Å². The van der Waals surface area contributed by atoms with Crippen LogP contribution in [0.15, 0.2) is 24.3 Å². The van der Waals surface area contributed by atoms with Gasteiger partial charge in [-0.1, -0.05) is 6.07 Å². The highest BCUT2D eigenvalue weighted by Gasteiger charge is 2.42. The third-order valence-corrected chi connectivity index (χ3v) is 4.78. The smallest absolute Gasteiger partial charge is 0.319 e. The van der Waals surface area contributed by atoms with Gasteiger partial charge in [0.15, 0.2) is 0 Å². The summed E-state index contributed by atoms with van der Waals surface area (Å²) in [6.07, 6.45) is 1.97. The van der Waals surface area contributed by atoms with Crippen LogP contribution in [0.4, 0.5) is 10.5 Å². The average molecular weight is 328 g/mol. The van der Waals surface area contributed by atoms with Crippen molar-refractivity contribution in [3.8, 4) is 6.07 Å². The van der Waals surface area contributed by atoms with Crippen LogP contribution in [0.3, 0.4) is 0 Å². The summed E-state index contributed by atoms with van der Waals surface area (Å²) in [5.41, 5.74) is 1.40. The summed E-state index contributed by atoms with van der Waals surface area (Å²) < 4.78 is 6.16. The Morgan fingerprint density at radius 3 is 2.92 bits per heavy atom. The van der Waals surface area contributed by atoms with E-state index in [4.69, 9.17) is 10.00 Å². The topological polar surface area (TPSA) is 59.8 Å². The van der Waals surface area contributed by atoms with E-state index in [9.17, 15) is 4.79 Å². The number of morpholine rings is 1. The van der Waals surface area contributed by atoms with Crippen molar-refractivity contribution in [3.63, 3.8) is 0 Å². The Kier molecular flexibility index (Phi) is 4.63. The second-order valence-corrected chi connectivity index (χ2v) is 6.82. The number of benzene rings is 1. The lowest BCUT2D eigenvalue weighted by atomic mass is 9.90. The number of hydrogen-bond donors (Lipinski definition) is 0. The number of carbonyl (C=O) groups is 1. The Hall–Kier alpha value is -2.26. The first-order valence-corrected chi connectivity index (χ1v) is 8.38. The molecule has 0 aromatic heterocycles. The van der Waals surface area contributed by atoms with Crippen LogP contribution in [0.1, 0.15) is 18.4 Å². The van der Waals surface area contributed by atoms with Gasteiger partial charge in [-0.05, 0) is 31.0 Å². The maximum atomic E-state index is 12.3. The van der Waals surface area contributed by atoms with E-state index in [1.807, 2.05) is 29.2 Å². The number of urea groups is 1. The first-order chi connectivity index (χ1) is 11.5.